The van der Waals surface area contributed by atoms with E-state index < -0.39 is 5.97 Å². The highest BCUT2D eigenvalue weighted by atomic mass is 16.4. The molecule has 0 aromatic carbocycles. The molecular formula is C11H10N2O2. The lowest BCUT2D eigenvalue weighted by Crippen LogP contribution is -2.09. The maximum absolute atomic E-state index is 10.8. The van der Waals surface area contributed by atoms with E-state index in [0.29, 0.717) is 6.54 Å². The first-order valence-corrected chi connectivity index (χ1v) is 4.56. The van der Waals surface area contributed by atoms with Gasteiger partial charge in [-0.15, -0.1) is 0 Å². The molecule has 2 aromatic rings. The Bertz CT molecular complexity index is 462. The summed E-state index contributed by atoms with van der Waals surface area (Å²) in [5, 5.41) is 8.89. The summed E-state index contributed by atoms with van der Waals surface area (Å²) in [5.41, 5.74) is 1.12. The number of hydrogen-bond donors (Lipinski definition) is 1. The summed E-state index contributed by atoms with van der Waals surface area (Å²) >= 11 is 0. The molecule has 4 nitrogen and oxygen atoms in total. The third-order valence-corrected chi connectivity index (χ3v) is 2.11. The van der Waals surface area contributed by atoms with Crippen molar-refractivity contribution in [2.24, 2.45) is 0 Å². The lowest BCUT2D eigenvalue weighted by Gasteiger charge is -2.04. The van der Waals surface area contributed by atoms with Gasteiger partial charge in [-0.1, -0.05) is 6.07 Å². The van der Waals surface area contributed by atoms with Crippen LogP contribution in [0.3, 0.4) is 0 Å². The molecule has 0 spiro atoms. The van der Waals surface area contributed by atoms with E-state index in [1.807, 2.05) is 18.2 Å². The molecule has 0 unspecified atom stereocenters. The van der Waals surface area contributed by atoms with Gasteiger partial charge in [-0.2, -0.15) is 0 Å². The van der Waals surface area contributed by atoms with Crippen molar-refractivity contribution >= 4 is 5.97 Å². The first kappa shape index (κ1) is 9.45. The Morgan fingerprint density at radius 1 is 1.33 bits per heavy atom. The Hall–Kier alpha value is -2.10. The van der Waals surface area contributed by atoms with E-state index >= 15 is 0 Å². The molecule has 1 N–H and O–H groups in total. The number of nitrogens with zero attached hydrogens (tertiary/aromatic N) is 2. The maximum Gasteiger partial charge on any atom is 0.352 e. The lowest BCUT2D eigenvalue weighted by molar-refractivity contribution is 0.0685. The molecule has 2 rings (SSSR count). The van der Waals surface area contributed by atoms with Gasteiger partial charge in [0.1, 0.15) is 5.69 Å². The number of pyridine rings is 1. The van der Waals surface area contributed by atoms with Crippen molar-refractivity contribution in [3.63, 3.8) is 0 Å². The minimum absolute atomic E-state index is 0.278. The van der Waals surface area contributed by atoms with E-state index in [1.165, 1.54) is 0 Å². The molecule has 0 atom stereocenters. The zero-order chi connectivity index (χ0) is 10.7. The third kappa shape index (κ3) is 2.04. The van der Waals surface area contributed by atoms with Gasteiger partial charge in [-0.3, -0.25) is 4.98 Å². The van der Waals surface area contributed by atoms with Crippen LogP contribution in [0.4, 0.5) is 0 Å². The smallest absolute Gasteiger partial charge is 0.352 e. The summed E-state index contributed by atoms with van der Waals surface area (Å²) in [4.78, 5) is 15.0. The Morgan fingerprint density at radius 2 is 2.20 bits per heavy atom. The average Bonchev–Trinajstić information content (AvgIpc) is 2.67. The first-order valence-electron chi connectivity index (χ1n) is 4.56. The first-order chi connectivity index (χ1) is 7.27. The molecule has 0 radical (unpaired) electrons. The summed E-state index contributed by atoms with van der Waals surface area (Å²) in [6, 6.07) is 8.87. The summed E-state index contributed by atoms with van der Waals surface area (Å²) in [5.74, 6) is -0.920. The molecule has 0 fully saturated rings. The largest absolute Gasteiger partial charge is 0.477 e. The van der Waals surface area contributed by atoms with Crippen molar-refractivity contribution in [2.45, 2.75) is 6.54 Å². The molecule has 0 aliphatic rings. The number of carboxylic acid groups (broad SMARTS) is 1. The van der Waals surface area contributed by atoms with Gasteiger partial charge in [0.05, 0.1) is 12.2 Å². The SMILES string of the molecule is O=C(O)c1cccn1Cc1ccccn1. The lowest BCUT2D eigenvalue weighted by atomic mass is 10.3. The molecule has 76 valence electrons. The van der Waals surface area contributed by atoms with Crippen LogP contribution in [0.5, 0.6) is 0 Å². The van der Waals surface area contributed by atoms with Crippen molar-refractivity contribution in [2.75, 3.05) is 0 Å². The van der Waals surface area contributed by atoms with E-state index in [0.717, 1.165) is 5.69 Å². The van der Waals surface area contributed by atoms with Crippen LogP contribution >= 0.6 is 0 Å². The minimum atomic E-state index is -0.920. The zero-order valence-corrected chi connectivity index (χ0v) is 8.00. The fourth-order valence-electron chi connectivity index (χ4n) is 1.41. The highest BCUT2D eigenvalue weighted by Crippen LogP contribution is 2.05. The van der Waals surface area contributed by atoms with Crippen LogP contribution in [0.2, 0.25) is 0 Å². The molecule has 0 aliphatic carbocycles. The third-order valence-electron chi connectivity index (χ3n) is 2.11. The maximum atomic E-state index is 10.8. The number of aromatic carboxylic acids is 1. The molecule has 4 heteroatoms. The van der Waals surface area contributed by atoms with Crippen LogP contribution in [0.15, 0.2) is 42.7 Å². The highest BCUT2D eigenvalue weighted by molar-refractivity contribution is 5.85. The summed E-state index contributed by atoms with van der Waals surface area (Å²) in [6.45, 7) is 0.482. The standard InChI is InChI=1S/C11H10N2O2/c14-11(15)10-5-3-7-13(10)8-9-4-1-2-6-12-9/h1-7H,8H2,(H,14,15). The molecule has 0 aliphatic heterocycles. The van der Waals surface area contributed by atoms with Gasteiger partial charge in [0.15, 0.2) is 0 Å². The fraction of sp³-hybridized carbons (Fsp3) is 0.0909. The molecule has 0 saturated carbocycles. The Labute approximate surface area is 86.8 Å². The van der Waals surface area contributed by atoms with Gasteiger partial charge in [-0.05, 0) is 24.3 Å². The Kier molecular flexibility index (Phi) is 2.49. The molecule has 0 amide bonds. The van der Waals surface area contributed by atoms with Crippen molar-refractivity contribution in [3.05, 3.63) is 54.1 Å². The van der Waals surface area contributed by atoms with Gasteiger partial charge >= 0.3 is 5.97 Å². The molecule has 0 saturated heterocycles. The summed E-state index contributed by atoms with van der Waals surface area (Å²) in [6.07, 6.45) is 3.43. The predicted octanol–water partition coefficient (Wildman–Crippen LogP) is 1.63. The summed E-state index contributed by atoms with van der Waals surface area (Å²) < 4.78 is 1.66. The molecule has 0 bridgehead atoms. The van der Waals surface area contributed by atoms with Crippen LogP contribution in [0, 0.1) is 0 Å². The molecular weight excluding hydrogens is 192 g/mol. The predicted molar refractivity (Wildman–Crippen MR) is 54.7 cm³/mol. The van der Waals surface area contributed by atoms with E-state index in [4.69, 9.17) is 5.11 Å². The monoisotopic (exact) mass is 202 g/mol. The number of carbonyl (C=O) groups is 1. The van der Waals surface area contributed by atoms with Crippen molar-refractivity contribution < 1.29 is 9.90 Å². The van der Waals surface area contributed by atoms with E-state index in [1.54, 1.807) is 29.1 Å². The summed E-state index contributed by atoms with van der Waals surface area (Å²) in [7, 11) is 0. The van der Waals surface area contributed by atoms with Crippen molar-refractivity contribution in [1.82, 2.24) is 9.55 Å². The minimum Gasteiger partial charge on any atom is -0.477 e. The molecule has 2 heterocycles. The van der Waals surface area contributed by atoms with Crippen LogP contribution in [0.1, 0.15) is 16.2 Å². The van der Waals surface area contributed by atoms with Gasteiger partial charge in [0.2, 0.25) is 0 Å². The second-order valence-electron chi connectivity index (χ2n) is 3.15. The van der Waals surface area contributed by atoms with E-state index in [-0.39, 0.29) is 5.69 Å². The van der Waals surface area contributed by atoms with Gasteiger partial charge in [0, 0.05) is 12.4 Å². The zero-order valence-electron chi connectivity index (χ0n) is 8.00. The van der Waals surface area contributed by atoms with Crippen LogP contribution in [-0.2, 0) is 6.54 Å². The van der Waals surface area contributed by atoms with E-state index in [2.05, 4.69) is 4.98 Å². The second-order valence-corrected chi connectivity index (χ2v) is 3.15. The van der Waals surface area contributed by atoms with Crippen LogP contribution < -0.4 is 0 Å². The number of aromatic nitrogens is 2. The van der Waals surface area contributed by atoms with Crippen molar-refractivity contribution in [1.29, 1.82) is 0 Å². The second kappa shape index (κ2) is 3.96. The number of rotatable bonds is 3. The fourth-order valence-corrected chi connectivity index (χ4v) is 1.41. The molecule has 2 aromatic heterocycles. The van der Waals surface area contributed by atoms with Crippen molar-refractivity contribution in [3.8, 4) is 0 Å². The number of carboxylic acids is 1. The average molecular weight is 202 g/mol. The van der Waals surface area contributed by atoms with Crippen LogP contribution in [0.25, 0.3) is 0 Å². The Morgan fingerprint density at radius 3 is 2.87 bits per heavy atom. The topological polar surface area (TPSA) is 55.1 Å². The quantitative estimate of drug-likeness (QED) is 0.822. The van der Waals surface area contributed by atoms with Crippen LogP contribution in [-0.4, -0.2) is 20.6 Å². The highest BCUT2D eigenvalue weighted by Gasteiger charge is 2.08. The van der Waals surface area contributed by atoms with Gasteiger partial charge < -0.3 is 9.67 Å². The van der Waals surface area contributed by atoms with Gasteiger partial charge in [0.25, 0.3) is 0 Å². The Balaban J connectivity index is 2.25. The molecule has 15 heavy (non-hydrogen) atoms. The van der Waals surface area contributed by atoms with E-state index in [9.17, 15) is 4.79 Å². The number of hydrogen-bond acceptors (Lipinski definition) is 2. The normalized spacial score (nSPS) is 10.1. The van der Waals surface area contributed by atoms with Gasteiger partial charge in [-0.25, -0.2) is 4.79 Å².